The lowest BCUT2D eigenvalue weighted by Gasteiger charge is -2.25. The third kappa shape index (κ3) is 6.03. The molecule has 0 saturated heterocycles. The first-order valence-corrected chi connectivity index (χ1v) is 6.75. The van der Waals surface area contributed by atoms with E-state index in [1.165, 1.54) is 0 Å². The zero-order chi connectivity index (χ0) is 12.7. The molecular weight excluding hydrogens is 216 g/mol. The molecule has 1 amide bonds. The average molecular weight is 242 g/mol. The van der Waals surface area contributed by atoms with Crippen LogP contribution in [0.2, 0.25) is 0 Å². The summed E-state index contributed by atoms with van der Waals surface area (Å²) in [4.78, 5) is 11.7. The number of carbonyl (C=O) groups excluding carboxylic acids is 1. The molecule has 4 heteroatoms. The Labute approximate surface area is 104 Å². The summed E-state index contributed by atoms with van der Waals surface area (Å²) in [5, 5.41) is 2.93. The lowest BCUT2D eigenvalue weighted by molar-refractivity contribution is -0.122. The summed E-state index contributed by atoms with van der Waals surface area (Å²) in [6.45, 7) is 5.24. The van der Waals surface area contributed by atoms with Crippen LogP contribution >= 0.6 is 0 Å². The van der Waals surface area contributed by atoms with Crippen molar-refractivity contribution in [3.8, 4) is 0 Å². The van der Waals surface area contributed by atoms with E-state index >= 15 is 0 Å². The zero-order valence-electron chi connectivity index (χ0n) is 11.1. The number of amides is 1. The molecule has 0 aromatic carbocycles. The van der Waals surface area contributed by atoms with Crippen molar-refractivity contribution < 1.29 is 9.53 Å². The summed E-state index contributed by atoms with van der Waals surface area (Å²) in [6, 6.07) is 0.354. The number of hydrogen-bond donors (Lipinski definition) is 2. The van der Waals surface area contributed by atoms with Crippen LogP contribution in [0.25, 0.3) is 0 Å². The molecular formula is C13H26N2O2. The van der Waals surface area contributed by atoms with Crippen molar-refractivity contribution in [2.75, 3.05) is 13.2 Å². The molecule has 3 N–H and O–H groups in total. The minimum Gasteiger partial charge on any atom is -0.377 e. The maximum absolute atomic E-state index is 11.7. The molecule has 0 spiro atoms. The van der Waals surface area contributed by atoms with E-state index < -0.39 is 0 Å². The van der Waals surface area contributed by atoms with Crippen molar-refractivity contribution in [2.24, 2.45) is 11.7 Å². The molecule has 17 heavy (non-hydrogen) atoms. The van der Waals surface area contributed by atoms with Crippen LogP contribution in [-0.2, 0) is 9.53 Å². The first-order chi connectivity index (χ1) is 8.11. The highest BCUT2D eigenvalue weighted by molar-refractivity contribution is 5.76. The van der Waals surface area contributed by atoms with E-state index in [2.05, 4.69) is 5.32 Å². The van der Waals surface area contributed by atoms with Crippen LogP contribution in [0.5, 0.6) is 0 Å². The fraction of sp³-hybridized carbons (Fsp3) is 0.923. The minimum atomic E-state index is 0.101. The second kappa shape index (κ2) is 7.67. The van der Waals surface area contributed by atoms with Crippen LogP contribution < -0.4 is 11.1 Å². The number of rotatable bonds is 6. The Morgan fingerprint density at radius 3 is 2.65 bits per heavy atom. The zero-order valence-corrected chi connectivity index (χ0v) is 11.1. The minimum absolute atomic E-state index is 0.101. The van der Waals surface area contributed by atoms with Gasteiger partial charge in [-0.2, -0.15) is 0 Å². The van der Waals surface area contributed by atoms with Gasteiger partial charge in [0.25, 0.3) is 0 Å². The predicted molar refractivity (Wildman–Crippen MR) is 68.6 cm³/mol. The van der Waals surface area contributed by atoms with Crippen LogP contribution in [0.3, 0.4) is 0 Å². The van der Waals surface area contributed by atoms with Gasteiger partial charge in [-0.1, -0.05) is 0 Å². The summed E-state index contributed by atoms with van der Waals surface area (Å²) in [5.41, 5.74) is 5.84. The molecule has 0 bridgehead atoms. The average Bonchev–Trinajstić information content (AvgIpc) is 2.30. The maximum atomic E-state index is 11.7. The number of carbonyl (C=O) groups is 1. The van der Waals surface area contributed by atoms with Gasteiger partial charge < -0.3 is 15.8 Å². The summed E-state index contributed by atoms with van der Waals surface area (Å²) < 4.78 is 5.37. The van der Waals surface area contributed by atoms with Gasteiger partial charge in [-0.25, -0.2) is 0 Å². The van der Waals surface area contributed by atoms with E-state index in [9.17, 15) is 4.79 Å². The Morgan fingerprint density at radius 2 is 2.06 bits per heavy atom. The molecule has 1 rings (SSSR count). The molecule has 1 unspecified atom stereocenters. The normalized spacial score (nSPS) is 26.5. The van der Waals surface area contributed by atoms with Gasteiger partial charge in [0.15, 0.2) is 0 Å². The molecule has 100 valence electrons. The molecule has 1 saturated carbocycles. The monoisotopic (exact) mass is 242 g/mol. The van der Waals surface area contributed by atoms with E-state index in [1.54, 1.807) is 0 Å². The highest BCUT2D eigenvalue weighted by Crippen LogP contribution is 2.25. The second-order valence-electron chi connectivity index (χ2n) is 5.05. The number of nitrogens with two attached hydrogens (primary N) is 1. The third-order valence-corrected chi connectivity index (χ3v) is 3.40. The lowest BCUT2D eigenvalue weighted by atomic mass is 9.84. The number of nitrogens with one attached hydrogen (secondary N) is 1. The molecule has 0 aromatic rings. The van der Waals surface area contributed by atoms with E-state index in [4.69, 9.17) is 10.5 Å². The summed E-state index contributed by atoms with van der Waals surface area (Å²) in [5.74, 6) is 0.675. The molecule has 0 radical (unpaired) electrons. The summed E-state index contributed by atoms with van der Waals surface area (Å²) >= 11 is 0. The highest BCUT2D eigenvalue weighted by atomic mass is 16.5. The summed E-state index contributed by atoms with van der Waals surface area (Å²) in [7, 11) is 0. The summed E-state index contributed by atoms with van der Waals surface area (Å²) in [6.07, 6.45) is 5.06. The molecule has 0 heterocycles. The second-order valence-corrected chi connectivity index (χ2v) is 5.05. The Kier molecular flexibility index (Phi) is 6.52. The lowest BCUT2D eigenvalue weighted by Crippen LogP contribution is -2.34. The van der Waals surface area contributed by atoms with Crippen LogP contribution in [0.1, 0.15) is 46.0 Å². The van der Waals surface area contributed by atoms with Gasteiger partial charge in [0.1, 0.15) is 0 Å². The van der Waals surface area contributed by atoms with Gasteiger partial charge in [-0.3, -0.25) is 4.79 Å². The first-order valence-electron chi connectivity index (χ1n) is 6.75. The SMILES string of the molecule is CCOC(C)CNC(=O)CC1CCC(N)CC1. The predicted octanol–water partition coefficient (Wildman–Crippen LogP) is 1.44. The molecule has 4 nitrogen and oxygen atoms in total. The molecule has 1 aliphatic rings. The number of hydrogen-bond acceptors (Lipinski definition) is 3. The van der Waals surface area contributed by atoms with Gasteiger partial charge in [0.2, 0.25) is 5.91 Å². The molecule has 0 aromatic heterocycles. The molecule has 1 atom stereocenters. The van der Waals surface area contributed by atoms with Crippen molar-refractivity contribution in [3.05, 3.63) is 0 Å². The van der Waals surface area contributed by atoms with E-state index in [0.29, 0.717) is 31.5 Å². The molecule has 1 aliphatic carbocycles. The van der Waals surface area contributed by atoms with E-state index in [1.807, 2.05) is 13.8 Å². The van der Waals surface area contributed by atoms with Crippen LogP contribution in [0.15, 0.2) is 0 Å². The Balaban J connectivity index is 2.12. The van der Waals surface area contributed by atoms with Gasteiger partial charge in [-0.15, -0.1) is 0 Å². The first kappa shape index (κ1) is 14.5. The van der Waals surface area contributed by atoms with E-state index in [-0.39, 0.29) is 12.0 Å². The van der Waals surface area contributed by atoms with Crippen LogP contribution in [-0.4, -0.2) is 31.2 Å². The van der Waals surface area contributed by atoms with Crippen molar-refractivity contribution in [1.29, 1.82) is 0 Å². The molecule has 0 aliphatic heterocycles. The molecule has 1 fully saturated rings. The topological polar surface area (TPSA) is 64.3 Å². The quantitative estimate of drug-likeness (QED) is 0.740. The smallest absolute Gasteiger partial charge is 0.220 e. The highest BCUT2D eigenvalue weighted by Gasteiger charge is 2.20. The largest absolute Gasteiger partial charge is 0.377 e. The third-order valence-electron chi connectivity index (χ3n) is 3.40. The number of ether oxygens (including phenoxy) is 1. The standard InChI is InChI=1S/C13H26N2O2/c1-3-17-10(2)9-15-13(16)8-11-4-6-12(14)7-5-11/h10-12H,3-9,14H2,1-2H3,(H,15,16). The van der Waals surface area contributed by atoms with Crippen LogP contribution in [0.4, 0.5) is 0 Å². The van der Waals surface area contributed by atoms with Gasteiger partial charge in [-0.05, 0) is 45.4 Å². The maximum Gasteiger partial charge on any atom is 0.220 e. The van der Waals surface area contributed by atoms with Crippen molar-refractivity contribution in [1.82, 2.24) is 5.32 Å². The Morgan fingerprint density at radius 1 is 1.41 bits per heavy atom. The Hall–Kier alpha value is -0.610. The van der Waals surface area contributed by atoms with E-state index in [0.717, 1.165) is 25.7 Å². The van der Waals surface area contributed by atoms with Crippen molar-refractivity contribution in [3.63, 3.8) is 0 Å². The fourth-order valence-corrected chi connectivity index (χ4v) is 2.33. The fourth-order valence-electron chi connectivity index (χ4n) is 2.33. The van der Waals surface area contributed by atoms with Crippen molar-refractivity contribution >= 4 is 5.91 Å². The van der Waals surface area contributed by atoms with Gasteiger partial charge in [0, 0.05) is 25.6 Å². The Bertz CT molecular complexity index is 225. The van der Waals surface area contributed by atoms with Crippen molar-refractivity contribution in [2.45, 2.75) is 58.1 Å². The van der Waals surface area contributed by atoms with Gasteiger partial charge >= 0.3 is 0 Å². The van der Waals surface area contributed by atoms with Gasteiger partial charge in [0.05, 0.1) is 6.10 Å². The van der Waals surface area contributed by atoms with Crippen LogP contribution in [0, 0.1) is 5.92 Å².